The average molecular weight is 336 g/mol. The maximum absolute atomic E-state index is 12.9. The smallest absolute Gasteiger partial charge is 0.250 e. The Morgan fingerprint density at radius 3 is 2.57 bits per heavy atom. The normalized spacial score (nSPS) is 17.7. The van der Waals surface area contributed by atoms with Gasteiger partial charge in [-0.2, -0.15) is 0 Å². The minimum Gasteiger partial charge on any atom is -0.315 e. The summed E-state index contributed by atoms with van der Waals surface area (Å²) in [6.07, 6.45) is 1.78. The topological polar surface area (TPSA) is 68.2 Å². The van der Waals surface area contributed by atoms with E-state index in [1.165, 1.54) is 18.2 Å². The first-order valence-corrected chi connectivity index (χ1v) is 8.81. The molecule has 1 aliphatic carbocycles. The molecule has 0 radical (unpaired) electrons. The molecule has 0 bridgehead atoms. The van der Waals surface area contributed by atoms with E-state index < -0.39 is 15.8 Å². The van der Waals surface area contributed by atoms with E-state index in [0.717, 1.165) is 23.4 Å². The molecule has 7 heteroatoms. The number of halogens is 1. The summed E-state index contributed by atoms with van der Waals surface area (Å²) in [7, 11) is -1.96. The Morgan fingerprint density at radius 1 is 1.17 bits per heavy atom. The fraction of sp³-hybridized carbons (Fsp3) is 0.312. The second kappa shape index (κ2) is 5.90. The van der Waals surface area contributed by atoms with E-state index in [1.54, 1.807) is 17.7 Å². The summed E-state index contributed by atoms with van der Waals surface area (Å²) in [6, 6.07) is 7.76. The van der Waals surface area contributed by atoms with Gasteiger partial charge in [0.25, 0.3) is 0 Å². The van der Waals surface area contributed by atoms with Gasteiger partial charge < -0.3 is 4.57 Å². The Bertz CT molecular complexity index is 889. The van der Waals surface area contributed by atoms with Crippen LogP contribution in [0.4, 0.5) is 4.39 Å². The molecular weight excluding hydrogens is 319 g/mol. The number of benzene rings is 1. The summed E-state index contributed by atoms with van der Waals surface area (Å²) < 4.78 is 41.9. The van der Waals surface area contributed by atoms with Crippen molar-refractivity contribution < 1.29 is 12.8 Å². The monoisotopic (exact) mass is 336 g/mol. The van der Waals surface area contributed by atoms with Crippen LogP contribution in [0.1, 0.15) is 17.7 Å². The molecule has 1 atom stereocenters. The van der Waals surface area contributed by atoms with E-state index in [-0.39, 0.29) is 16.5 Å². The van der Waals surface area contributed by atoms with Crippen molar-refractivity contribution in [1.82, 2.24) is 9.29 Å². The van der Waals surface area contributed by atoms with Crippen molar-refractivity contribution in [1.29, 1.82) is 0 Å². The van der Waals surface area contributed by atoms with Gasteiger partial charge in [0, 0.05) is 24.8 Å². The number of hydrogen-bond donors (Lipinski definition) is 1. The summed E-state index contributed by atoms with van der Waals surface area (Å²) in [5.41, 5.74) is 1.87. The van der Waals surface area contributed by atoms with Gasteiger partial charge in [-0.25, -0.2) is 17.5 Å². The van der Waals surface area contributed by atoms with Crippen molar-refractivity contribution in [2.45, 2.75) is 30.2 Å². The third-order valence-corrected chi connectivity index (χ3v) is 5.71. The molecule has 1 heterocycles. The van der Waals surface area contributed by atoms with Gasteiger partial charge in [0.15, 0.2) is 0 Å². The predicted molar refractivity (Wildman–Crippen MR) is 84.2 cm³/mol. The Balaban J connectivity index is 1.80. The lowest BCUT2D eigenvalue weighted by molar-refractivity contribution is 0.493. The zero-order valence-corrected chi connectivity index (χ0v) is 13.4. The van der Waals surface area contributed by atoms with E-state index >= 15 is 0 Å². The van der Waals surface area contributed by atoms with Gasteiger partial charge in [-0.05, 0) is 49.1 Å². The van der Waals surface area contributed by atoms with Crippen LogP contribution in [0.5, 0.6) is 0 Å². The minimum absolute atomic E-state index is 0.0464. The average Bonchev–Trinajstić information content (AvgIpc) is 2.51. The summed E-state index contributed by atoms with van der Waals surface area (Å²) >= 11 is 0. The predicted octanol–water partition coefficient (Wildman–Crippen LogP) is 1.36. The zero-order valence-electron chi connectivity index (χ0n) is 12.6. The van der Waals surface area contributed by atoms with E-state index in [4.69, 9.17) is 0 Å². The summed E-state index contributed by atoms with van der Waals surface area (Å²) in [4.78, 5) is 11.7. The molecule has 1 aromatic carbocycles. The summed E-state index contributed by atoms with van der Waals surface area (Å²) in [5.74, 6) is -0.475. The third kappa shape index (κ3) is 3.20. The lowest BCUT2D eigenvalue weighted by Crippen LogP contribution is -2.40. The van der Waals surface area contributed by atoms with Gasteiger partial charge in [-0.15, -0.1) is 0 Å². The largest absolute Gasteiger partial charge is 0.315 e. The highest BCUT2D eigenvalue weighted by Gasteiger charge is 2.25. The standard InChI is InChI=1S/C16H17FN2O3S/c1-19-15-8-5-13(10-11(15)2-9-16(19)20)18-23(21,22)14-6-3-12(17)4-7-14/h2-4,6-7,9,13,18H,5,8,10H2,1H3. The van der Waals surface area contributed by atoms with Crippen LogP contribution in [-0.4, -0.2) is 19.0 Å². The second-order valence-electron chi connectivity index (χ2n) is 5.72. The van der Waals surface area contributed by atoms with E-state index in [9.17, 15) is 17.6 Å². The second-order valence-corrected chi connectivity index (χ2v) is 7.43. The number of pyridine rings is 1. The van der Waals surface area contributed by atoms with Crippen LogP contribution in [0.15, 0.2) is 46.1 Å². The molecule has 0 saturated heterocycles. The molecule has 3 rings (SSSR count). The maximum Gasteiger partial charge on any atom is 0.250 e. The molecule has 0 saturated carbocycles. The Morgan fingerprint density at radius 2 is 1.87 bits per heavy atom. The highest BCUT2D eigenvalue weighted by Crippen LogP contribution is 2.21. The highest BCUT2D eigenvalue weighted by molar-refractivity contribution is 7.89. The molecule has 1 aromatic heterocycles. The molecule has 0 aliphatic heterocycles. The van der Waals surface area contributed by atoms with Crippen LogP contribution in [0, 0.1) is 5.82 Å². The molecule has 1 N–H and O–H groups in total. The lowest BCUT2D eigenvalue weighted by atomic mass is 9.92. The molecule has 1 unspecified atom stereocenters. The van der Waals surface area contributed by atoms with Gasteiger partial charge in [-0.3, -0.25) is 4.79 Å². The van der Waals surface area contributed by atoms with E-state index in [1.807, 2.05) is 0 Å². The summed E-state index contributed by atoms with van der Waals surface area (Å²) in [5, 5.41) is 0. The lowest BCUT2D eigenvalue weighted by Gasteiger charge is -2.26. The number of sulfonamides is 1. The van der Waals surface area contributed by atoms with Gasteiger partial charge in [0.1, 0.15) is 5.82 Å². The molecule has 0 fully saturated rings. The maximum atomic E-state index is 12.9. The number of aromatic nitrogens is 1. The van der Waals surface area contributed by atoms with Crippen molar-refractivity contribution in [2.24, 2.45) is 7.05 Å². The number of rotatable bonds is 3. The number of fused-ring (bicyclic) bond motifs is 1. The molecule has 1 aliphatic rings. The van der Waals surface area contributed by atoms with Crippen molar-refractivity contribution in [3.63, 3.8) is 0 Å². The molecule has 0 amide bonds. The molecule has 23 heavy (non-hydrogen) atoms. The number of nitrogens with one attached hydrogen (secondary N) is 1. The highest BCUT2D eigenvalue weighted by atomic mass is 32.2. The Hall–Kier alpha value is -1.99. The molecule has 0 spiro atoms. The van der Waals surface area contributed by atoms with Gasteiger partial charge in [-0.1, -0.05) is 6.07 Å². The van der Waals surface area contributed by atoms with Crippen LogP contribution in [-0.2, 0) is 29.9 Å². The zero-order chi connectivity index (χ0) is 16.6. The Labute approximate surface area is 133 Å². The fourth-order valence-corrected chi connectivity index (χ4v) is 4.19. The number of nitrogens with zero attached hydrogens (tertiary/aromatic N) is 1. The van der Waals surface area contributed by atoms with Gasteiger partial charge >= 0.3 is 0 Å². The quantitative estimate of drug-likeness (QED) is 0.920. The van der Waals surface area contributed by atoms with E-state index in [2.05, 4.69) is 4.72 Å². The Kier molecular flexibility index (Phi) is 4.08. The molecular formula is C16H17FN2O3S. The van der Waals surface area contributed by atoms with Gasteiger partial charge in [0.05, 0.1) is 4.90 Å². The van der Waals surface area contributed by atoms with Crippen molar-refractivity contribution >= 4 is 10.0 Å². The number of hydrogen-bond acceptors (Lipinski definition) is 3. The summed E-state index contributed by atoms with van der Waals surface area (Å²) in [6.45, 7) is 0. The molecule has 2 aromatic rings. The van der Waals surface area contributed by atoms with Crippen LogP contribution in [0.25, 0.3) is 0 Å². The van der Waals surface area contributed by atoms with E-state index in [0.29, 0.717) is 19.3 Å². The van der Waals surface area contributed by atoms with Crippen LogP contribution in [0.2, 0.25) is 0 Å². The fourth-order valence-electron chi connectivity index (χ4n) is 2.92. The SMILES string of the molecule is Cn1c2c(ccc1=O)CC(NS(=O)(=O)c1ccc(F)cc1)CC2. The van der Waals surface area contributed by atoms with Crippen LogP contribution >= 0.6 is 0 Å². The molecule has 122 valence electrons. The first-order chi connectivity index (χ1) is 10.9. The molecule has 5 nitrogen and oxygen atoms in total. The first-order valence-electron chi connectivity index (χ1n) is 7.32. The van der Waals surface area contributed by atoms with Crippen LogP contribution < -0.4 is 10.3 Å². The van der Waals surface area contributed by atoms with Gasteiger partial charge in [0.2, 0.25) is 15.6 Å². The van der Waals surface area contributed by atoms with Crippen molar-refractivity contribution in [3.8, 4) is 0 Å². The first kappa shape index (κ1) is 15.9. The van der Waals surface area contributed by atoms with Crippen molar-refractivity contribution in [3.05, 3.63) is 63.8 Å². The third-order valence-electron chi connectivity index (χ3n) is 4.17. The minimum atomic E-state index is -3.68. The van der Waals surface area contributed by atoms with Crippen LogP contribution in [0.3, 0.4) is 0 Å². The van der Waals surface area contributed by atoms with Crippen molar-refractivity contribution in [2.75, 3.05) is 0 Å².